The summed E-state index contributed by atoms with van der Waals surface area (Å²) in [5, 5.41) is 16.1. The van der Waals surface area contributed by atoms with Gasteiger partial charge in [-0.15, -0.1) is 0 Å². The van der Waals surface area contributed by atoms with Crippen LogP contribution in [0.4, 0.5) is 0 Å². The van der Waals surface area contributed by atoms with Gasteiger partial charge in [0.05, 0.1) is 0 Å². The Morgan fingerprint density at radius 3 is 2.00 bits per heavy atom. The molecule has 74 valence electrons. The highest BCUT2D eigenvalue weighted by molar-refractivity contribution is 7.53. The van der Waals surface area contributed by atoms with Gasteiger partial charge in [0.2, 0.25) is 0 Å². The van der Waals surface area contributed by atoms with Gasteiger partial charge in [-0.05, 0) is 6.92 Å². The van der Waals surface area contributed by atoms with Gasteiger partial charge < -0.3 is 30.9 Å². The molecule has 0 amide bonds. The summed E-state index contributed by atoms with van der Waals surface area (Å²) in [4.78, 5) is 26.6. The molecule has 8 heteroatoms. The number of carboxylic acid groups (broad SMARTS) is 1. The minimum atomic E-state index is -4.79. The molecule has 0 saturated carbocycles. The van der Waals surface area contributed by atoms with E-state index in [1.54, 1.807) is 0 Å². The van der Waals surface area contributed by atoms with Crippen LogP contribution in [0.15, 0.2) is 0 Å². The highest BCUT2D eigenvalue weighted by Gasteiger charge is 2.40. The first-order valence-corrected chi connectivity index (χ1v) is 4.26. The molecule has 0 aromatic carbocycles. The van der Waals surface area contributed by atoms with Crippen LogP contribution in [0.3, 0.4) is 0 Å². The number of carboxylic acids is 1. The first kappa shape index (κ1) is 14.1. The maximum absolute atomic E-state index is 10.3. The molecule has 0 aromatic heterocycles. The van der Waals surface area contributed by atoms with E-state index in [9.17, 15) is 14.5 Å². The van der Waals surface area contributed by atoms with Crippen molar-refractivity contribution in [3.8, 4) is 0 Å². The van der Waals surface area contributed by atoms with Crippen LogP contribution in [0.2, 0.25) is 0 Å². The molecule has 0 heterocycles. The fraction of sp³-hybridized carbons (Fsp3) is 0.750. The fourth-order valence-electron chi connectivity index (χ4n) is 0.376. The predicted octanol–water partition coefficient (Wildman–Crippen LogP) is -1.61. The van der Waals surface area contributed by atoms with E-state index in [0.29, 0.717) is 0 Å². The molecular formula is C4H12NO6P. The Hall–Kier alpha value is -0.460. The largest absolute Gasteiger partial charge is 0.550 e. The Kier molecular flexibility index (Phi) is 4.66. The molecule has 0 aliphatic heterocycles. The summed E-state index contributed by atoms with van der Waals surface area (Å²) in [6, 6.07) is 0. The molecule has 0 radical (unpaired) electrons. The van der Waals surface area contributed by atoms with Crippen LogP contribution >= 0.6 is 7.60 Å². The standard InChI is InChI=1S/C4H9O6P.H3N/c1-4(7,2-3(5)6)11(8,9)10;/h7H,2H2,1H3,(H,5,6)(H2,8,9,10);1H3. The Balaban J connectivity index is 0. The van der Waals surface area contributed by atoms with Crippen LogP contribution in [0.25, 0.3) is 0 Å². The van der Waals surface area contributed by atoms with E-state index >= 15 is 0 Å². The summed E-state index contributed by atoms with van der Waals surface area (Å²) >= 11 is 0. The van der Waals surface area contributed by atoms with Crippen molar-refractivity contribution < 1.29 is 29.4 Å². The molecule has 0 saturated heterocycles. The number of carbonyl (C=O) groups excluding carboxylic acids is 1. The number of aliphatic hydroxyl groups is 1. The van der Waals surface area contributed by atoms with Crippen LogP contribution in [0.1, 0.15) is 13.3 Å². The van der Waals surface area contributed by atoms with Gasteiger partial charge in [-0.1, -0.05) is 0 Å². The number of rotatable bonds is 3. The molecular weight excluding hydrogens is 189 g/mol. The van der Waals surface area contributed by atoms with Gasteiger partial charge in [0.25, 0.3) is 0 Å². The van der Waals surface area contributed by atoms with Crippen LogP contribution in [-0.2, 0) is 9.36 Å². The molecule has 1 atom stereocenters. The second-order valence-corrected chi connectivity index (χ2v) is 4.36. The first-order valence-electron chi connectivity index (χ1n) is 2.65. The van der Waals surface area contributed by atoms with Gasteiger partial charge >= 0.3 is 7.60 Å². The predicted molar refractivity (Wildman–Crippen MR) is 38.3 cm³/mol. The van der Waals surface area contributed by atoms with Crippen molar-refractivity contribution in [1.29, 1.82) is 0 Å². The molecule has 12 heavy (non-hydrogen) atoms. The van der Waals surface area contributed by atoms with Crippen molar-refractivity contribution >= 4 is 13.6 Å². The second-order valence-electron chi connectivity index (χ2n) is 2.31. The highest BCUT2D eigenvalue weighted by Crippen LogP contribution is 2.50. The zero-order valence-corrected chi connectivity index (χ0v) is 7.62. The van der Waals surface area contributed by atoms with Crippen LogP contribution in [-0.4, -0.2) is 26.2 Å². The maximum atomic E-state index is 10.3. The third-order valence-corrected chi connectivity index (χ3v) is 2.52. The van der Waals surface area contributed by atoms with Crippen LogP contribution < -0.4 is 11.3 Å². The van der Waals surface area contributed by atoms with Gasteiger partial charge in [-0.3, -0.25) is 4.57 Å². The van der Waals surface area contributed by atoms with Crippen molar-refractivity contribution in [2.75, 3.05) is 0 Å². The van der Waals surface area contributed by atoms with Crippen LogP contribution in [0, 0.1) is 0 Å². The van der Waals surface area contributed by atoms with E-state index in [1.165, 1.54) is 0 Å². The Morgan fingerprint density at radius 2 is 1.92 bits per heavy atom. The lowest BCUT2D eigenvalue weighted by Crippen LogP contribution is -2.34. The number of carbonyl (C=O) groups is 1. The highest BCUT2D eigenvalue weighted by atomic mass is 31.2. The topological polar surface area (TPSA) is 154 Å². The Bertz CT molecular complexity index is 208. The Morgan fingerprint density at radius 1 is 1.58 bits per heavy atom. The summed E-state index contributed by atoms with van der Waals surface area (Å²) in [7, 11) is -4.79. The Labute approximate surface area is 68.8 Å². The molecule has 0 fully saturated rings. The zero-order valence-electron chi connectivity index (χ0n) is 6.72. The van der Waals surface area contributed by atoms with Crippen molar-refractivity contribution in [3.05, 3.63) is 0 Å². The molecule has 0 spiro atoms. The van der Waals surface area contributed by atoms with E-state index in [1.807, 2.05) is 0 Å². The lowest BCUT2D eigenvalue weighted by Gasteiger charge is -2.24. The minimum Gasteiger partial charge on any atom is -0.550 e. The zero-order chi connectivity index (χ0) is 9.28. The molecule has 0 rings (SSSR count). The molecule has 7 nitrogen and oxygen atoms in total. The van der Waals surface area contributed by atoms with Crippen molar-refractivity contribution in [2.24, 2.45) is 0 Å². The molecule has 1 unspecified atom stereocenters. The monoisotopic (exact) mass is 201 g/mol. The maximum Gasteiger partial charge on any atom is 0.356 e. The molecule has 0 aliphatic rings. The normalized spacial score (nSPS) is 16.0. The van der Waals surface area contributed by atoms with Crippen molar-refractivity contribution in [1.82, 2.24) is 6.15 Å². The summed E-state index contributed by atoms with van der Waals surface area (Å²) in [5.74, 6) is -1.71. The first-order chi connectivity index (χ1) is 4.67. The third kappa shape index (κ3) is 3.80. The summed E-state index contributed by atoms with van der Waals surface area (Å²) in [6.07, 6.45) is -1.09. The molecule has 0 bridgehead atoms. The number of hydrogen-bond acceptors (Lipinski definition) is 4. The lowest BCUT2D eigenvalue weighted by molar-refractivity contribution is -0.308. The number of hydrogen-bond donors (Lipinski definition) is 4. The summed E-state index contributed by atoms with van der Waals surface area (Å²) in [5.41, 5.74) is 0. The van der Waals surface area contributed by atoms with Crippen molar-refractivity contribution in [2.45, 2.75) is 18.7 Å². The second kappa shape index (κ2) is 3.97. The van der Waals surface area contributed by atoms with E-state index in [0.717, 1.165) is 6.92 Å². The van der Waals surface area contributed by atoms with Crippen LogP contribution in [0.5, 0.6) is 0 Å². The van der Waals surface area contributed by atoms with Gasteiger partial charge in [0.1, 0.15) is 0 Å². The van der Waals surface area contributed by atoms with Gasteiger partial charge in [-0.2, -0.15) is 0 Å². The number of quaternary nitrogens is 1. The fourth-order valence-corrected chi connectivity index (χ4v) is 0.711. The smallest absolute Gasteiger partial charge is 0.356 e. The van der Waals surface area contributed by atoms with Gasteiger partial charge in [-0.25, -0.2) is 0 Å². The third-order valence-electron chi connectivity index (χ3n) is 1.11. The quantitative estimate of drug-likeness (QED) is 0.402. The van der Waals surface area contributed by atoms with Crippen molar-refractivity contribution in [3.63, 3.8) is 0 Å². The van der Waals surface area contributed by atoms with E-state index < -0.39 is 25.3 Å². The average Bonchev–Trinajstić information content (AvgIpc) is 1.56. The minimum absolute atomic E-state index is 0. The van der Waals surface area contributed by atoms with E-state index in [-0.39, 0.29) is 6.15 Å². The molecule has 0 aromatic rings. The van der Waals surface area contributed by atoms with Gasteiger partial charge in [0.15, 0.2) is 5.34 Å². The van der Waals surface area contributed by atoms with E-state index in [4.69, 9.17) is 14.9 Å². The van der Waals surface area contributed by atoms with E-state index in [2.05, 4.69) is 0 Å². The molecule has 0 aliphatic carbocycles. The van der Waals surface area contributed by atoms with Gasteiger partial charge in [0, 0.05) is 12.4 Å². The number of aliphatic carboxylic acids is 1. The summed E-state index contributed by atoms with van der Waals surface area (Å²) < 4.78 is 10.3. The average molecular weight is 201 g/mol. The SMILES string of the molecule is CC(O)(CC(=O)[O-])P(=O)(O)O.[NH4+]. The lowest BCUT2D eigenvalue weighted by atomic mass is 10.3. The molecule has 7 N–H and O–H groups in total. The summed E-state index contributed by atoms with van der Waals surface area (Å²) in [6.45, 7) is 0.740.